The zero-order valence-electron chi connectivity index (χ0n) is 10.4. The molecular weight excluding hydrogens is 194 g/mol. The number of hydrogen-bond donors (Lipinski definition) is 0. The first kappa shape index (κ1) is 10.6. The normalized spacial score (nSPS) is 46.6. The maximum absolute atomic E-state index is 9.02. The summed E-state index contributed by atoms with van der Waals surface area (Å²) in [5.41, 5.74) is 0.596. The van der Waals surface area contributed by atoms with Crippen LogP contribution in [0, 0.1) is 40.4 Å². The summed E-state index contributed by atoms with van der Waals surface area (Å²) in [4.78, 5) is 0. The van der Waals surface area contributed by atoms with Gasteiger partial charge in [-0.15, -0.1) is 0 Å². The predicted octanol–water partition coefficient (Wildman–Crippen LogP) is 4.14. The minimum Gasteiger partial charge on any atom is -0.198 e. The maximum Gasteiger partial charge on any atom is 0.0624 e. The number of nitriles is 1. The highest BCUT2D eigenvalue weighted by Crippen LogP contribution is 2.63. The van der Waals surface area contributed by atoms with Crippen molar-refractivity contribution in [2.45, 2.75) is 58.3 Å². The third-order valence-corrected chi connectivity index (χ3v) is 5.78. The fraction of sp³-hybridized carbons (Fsp3) is 0.933. The lowest BCUT2D eigenvalue weighted by Crippen LogP contribution is -2.49. The quantitative estimate of drug-likeness (QED) is 0.697. The van der Waals surface area contributed by atoms with Gasteiger partial charge < -0.3 is 0 Å². The van der Waals surface area contributed by atoms with Crippen LogP contribution in [0.5, 0.6) is 0 Å². The molecule has 0 aromatic rings. The zero-order valence-corrected chi connectivity index (χ0v) is 10.4. The largest absolute Gasteiger partial charge is 0.198 e. The van der Waals surface area contributed by atoms with Gasteiger partial charge in [0.25, 0.3) is 0 Å². The van der Waals surface area contributed by atoms with E-state index in [0.29, 0.717) is 11.3 Å². The molecule has 0 saturated heterocycles. The summed E-state index contributed by atoms with van der Waals surface area (Å²) in [6.07, 6.45) is 11.0. The lowest BCUT2D eigenvalue weighted by atomic mass is 9.46. The molecule has 0 heterocycles. The molecule has 16 heavy (non-hydrogen) atoms. The van der Waals surface area contributed by atoms with Crippen LogP contribution in [0.2, 0.25) is 0 Å². The molecule has 4 bridgehead atoms. The number of rotatable bonds is 3. The second-order valence-corrected chi connectivity index (χ2v) is 6.75. The summed E-state index contributed by atoms with van der Waals surface area (Å²) in [6.45, 7) is 2.29. The van der Waals surface area contributed by atoms with Crippen LogP contribution in [0.25, 0.3) is 0 Å². The molecule has 4 saturated carbocycles. The van der Waals surface area contributed by atoms with Crippen molar-refractivity contribution < 1.29 is 0 Å². The number of nitrogens with zero attached hydrogens (tertiary/aromatic N) is 1. The summed E-state index contributed by atoms with van der Waals surface area (Å²) < 4.78 is 0. The van der Waals surface area contributed by atoms with Gasteiger partial charge in [0.05, 0.1) is 6.07 Å². The summed E-state index contributed by atoms with van der Waals surface area (Å²) in [7, 11) is 0. The molecule has 0 spiro atoms. The molecule has 1 heteroatoms. The van der Waals surface area contributed by atoms with Gasteiger partial charge in [-0.1, -0.05) is 13.3 Å². The lowest BCUT2D eigenvalue weighted by Gasteiger charge is -2.59. The Bertz CT molecular complexity index is 277. The van der Waals surface area contributed by atoms with Crippen molar-refractivity contribution in [3.8, 4) is 6.07 Å². The van der Waals surface area contributed by atoms with Crippen molar-refractivity contribution in [2.75, 3.05) is 0 Å². The topological polar surface area (TPSA) is 23.8 Å². The highest BCUT2D eigenvalue weighted by Gasteiger charge is 2.53. The van der Waals surface area contributed by atoms with Gasteiger partial charge in [0.15, 0.2) is 0 Å². The van der Waals surface area contributed by atoms with E-state index in [4.69, 9.17) is 5.26 Å². The third-order valence-electron chi connectivity index (χ3n) is 5.78. The Labute approximate surface area is 99.2 Å². The van der Waals surface area contributed by atoms with Crippen molar-refractivity contribution in [2.24, 2.45) is 29.1 Å². The van der Waals surface area contributed by atoms with Gasteiger partial charge in [-0.3, -0.25) is 0 Å². The number of hydrogen-bond acceptors (Lipinski definition) is 1. The molecule has 0 aromatic carbocycles. The van der Waals surface area contributed by atoms with Crippen LogP contribution >= 0.6 is 0 Å². The van der Waals surface area contributed by atoms with Gasteiger partial charge in [0.2, 0.25) is 0 Å². The van der Waals surface area contributed by atoms with E-state index in [1.807, 2.05) is 0 Å². The molecule has 1 unspecified atom stereocenters. The van der Waals surface area contributed by atoms with Crippen molar-refractivity contribution >= 4 is 0 Å². The lowest BCUT2D eigenvalue weighted by molar-refractivity contribution is -0.0870. The van der Waals surface area contributed by atoms with E-state index in [1.54, 1.807) is 0 Å². The summed E-state index contributed by atoms with van der Waals surface area (Å²) >= 11 is 0. The average Bonchev–Trinajstić information content (AvgIpc) is 2.23. The van der Waals surface area contributed by atoms with Crippen LogP contribution in [0.15, 0.2) is 0 Å². The van der Waals surface area contributed by atoms with E-state index in [2.05, 4.69) is 13.0 Å². The van der Waals surface area contributed by atoms with E-state index in [0.717, 1.165) is 24.2 Å². The van der Waals surface area contributed by atoms with Crippen LogP contribution in [0.1, 0.15) is 58.3 Å². The van der Waals surface area contributed by atoms with Crippen molar-refractivity contribution in [1.82, 2.24) is 0 Å². The smallest absolute Gasteiger partial charge is 0.0624 e. The molecule has 0 N–H and O–H groups in total. The molecule has 0 aliphatic heterocycles. The molecular formula is C15H23N. The summed E-state index contributed by atoms with van der Waals surface area (Å²) in [5.74, 6) is 3.78. The van der Waals surface area contributed by atoms with Gasteiger partial charge in [0.1, 0.15) is 0 Å². The van der Waals surface area contributed by atoms with Crippen LogP contribution in [-0.4, -0.2) is 0 Å². The Morgan fingerprint density at radius 1 is 1.12 bits per heavy atom. The molecule has 1 atom stereocenters. The third kappa shape index (κ3) is 1.50. The minimum atomic E-state index is 0.596. The van der Waals surface area contributed by atoms with E-state index >= 15 is 0 Å². The fourth-order valence-electron chi connectivity index (χ4n) is 5.58. The second kappa shape index (κ2) is 3.76. The fourth-order valence-corrected chi connectivity index (χ4v) is 5.58. The van der Waals surface area contributed by atoms with Gasteiger partial charge in [0, 0.05) is 6.42 Å². The second-order valence-electron chi connectivity index (χ2n) is 6.75. The highest BCUT2D eigenvalue weighted by atomic mass is 14.6. The molecule has 0 amide bonds. The van der Waals surface area contributed by atoms with Crippen LogP contribution < -0.4 is 0 Å². The van der Waals surface area contributed by atoms with Crippen LogP contribution in [0.4, 0.5) is 0 Å². The standard InChI is InChI=1S/C15H23N/c1-2-14(3-4-16)15-8-11-5-12(9-15)7-13(6-11)10-15/h11-14H,2-3,5-10H2,1H3. The Morgan fingerprint density at radius 2 is 1.62 bits per heavy atom. The Balaban J connectivity index is 1.84. The van der Waals surface area contributed by atoms with Gasteiger partial charge in [-0.2, -0.15) is 5.26 Å². The molecule has 0 aromatic heterocycles. The summed E-state index contributed by atoms with van der Waals surface area (Å²) in [5, 5.41) is 9.02. The van der Waals surface area contributed by atoms with Gasteiger partial charge >= 0.3 is 0 Å². The van der Waals surface area contributed by atoms with Crippen LogP contribution in [0.3, 0.4) is 0 Å². The molecule has 4 fully saturated rings. The minimum absolute atomic E-state index is 0.596. The predicted molar refractivity (Wildman–Crippen MR) is 64.6 cm³/mol. The van der Waals surface area contributed by atoms with E-state index in [-0.39, 0.29) is 0 Å². The molecule has 0 radical (unpaired) electrons. The van der Waals surface area contributed by atoms with Gasteiger partial charge in [-0.05, 0) is 67.6 Å². The van der Waals surface area contributed by atoms with E-state index < -0.39 is 0 Å². The first-order valence-electron chi connectivity index (χ1n) is 7.12. The van der Waals surface area contributed by atoms with Crippen LogP contribution in [-0.2, 0) is 0 Å². The Hall–Kier alpha value is -0.510. The zero-order chi connectivity index (χ0) is 11.2. The first-order chi connectivity index (χ1) is 7.75. The Kier molecular flexibility index (Phi) is 2.50. The van der Waals surface area contributed by atoms with Crippen molar-refractivity contribution in [3.63, 3.8) is 0 Å². The maximum atomic E-state index is 9.02. The van der Waals surface area contributed by atoms with Crippen molar-refractivity contribution in [3.05, 3.63) is 0 Å². The first-order valence-corrected chi connectivity index (χ1v) is 7.12. The average molecular weight is 217 g/mol. The molecule has 1 nitrogen and oxygen atoms in total. The molecule has 4 aliphatic carbocycles. The van der Waals surface area contributed by atoms with Crippen molar-refractivity contribution in [1.29, 1.82) is 5.26 Å². The molecule has 88 valence electrons. The molecule has 4 rings (SSSR count). The molecule has 4 aliphatic rings. The Morgan fingerprint density at radius 3 is 2.00 bits per heavy atom. The summed E-state index contributed by atoms with van der Waals surface area (Å²) in [6, 6.07) is 2.44. The van der Waals surface area contributed by atoms with E-state index in [9.17, 15) is 0 Å². The monoisotopic (exact) mass is 217 g/mol. The highest BCUT2D eigenvalue weighted by molar-refractivity contribution is 5.04. The van der Waals surface area contributed by atoms with Gasteiger partial charge in [-0.25, -0.2) is 0 Å². The SMILES string of the molecule is CCC(CC#N)C12CC3CC(CC(C3)C1)C2. The van der Waals surface area contributed by atoms with E-state index in [1.165, 1.54) is 44.9 Å².